The molecule has 1 aromatic rings. The topological polar surface area (TPSA) is 49.7 Å². The highest BCUT2D eigenvalue weighted by atomic mass is 127. The first-order chi connectivity index (χ1) is 7.24. The van der Waals surface area contributed by atoms with Crippen molar-refractivity contribution in [1.29, 1.82) is 0 Å². The predicted molar refractivity (Wildman–Crippen MR) is 67.0 cm³/mol. The number of hydrogen-bond donors (Lipinski definition) is 2. The van der Waals surface area contributed by atoms with E-state index in [2.05, 4.69) is 0 Å². The monoisotopic (exact) mass is 322 g/mol. The van der Waals surface area contributed by atoms with Gasteiger partial charge in [-0.1, -0.05) is 52.9 Å². The third-order valence-electron chi connectivity index (χ3n) is 1.99. The zero-order valence-corrected chi connectivity index (χ0v) is 10.5. The molecule has 0 aliphatic heterocycles. The Hall–Kier alpha value is -0.170. The van der Waals surface area contributed by atoms with Crippen LogP contribution in [0.4, 0.5) is 0 Å². The molecule has 0 bridgehead atoms. The fourth-order valence-electron chi connectivity index (χ4n) is 1.10. The molecule has 1 rings (SSSR count). The zero-order valence-electron chi connectivity index (χ0n) is 8.34. The van der Waals surface area contributed by atoms with Crippen LogP contribution in [0, 0.1) is 0 Å². The molecular formula is C11H15IO3. The van der Waals surface area contributed by atoms with Crippen molar-refractivity contribution >= 4 is 22.6 Å². The molecule has 3 nitrogen and oxygen atoms in total. The van der Waals surface area contributed by atoms with E-state index in [0.717, 1.165) is 5.56 Å². The van der Waals surface area contributed by atoms with Crippen molar-refractivity contribution < 1.29 is 14.9 Å². The van der Waals surface area contributed by atoms with Crippen LogP contribution in [0.15, 0.2) is 30.3 Å². The minimum absolute atomic E-state index is 0.0313. The van der Waals surface area contributed by atoms with Gasteiger partial charge in [0.15, 0.2) is 0 Å². The molecule has 0 saturated carbocycles. The largest absolute Gasteiger partial charge is 0.395 e. The average molecular weight is 322 g/mol. The first kappa shape index (κ1) is 12.9. The fourth-order valence-corrected chi connectivity index (χ4v) is 1.31. The molecule has 0 aliphatic carbocycles. The van der Waals surface area contributed by atoms with Gasteiger partial charge in [-0.2, -0.15) is 0 Å². The molecule has 0 radical (unpaired) electrons. The number of aliphatic hydroxyl groups is 2. The lowest BCUT2D eigenvalue weighted by Crippen LogP contribution is -2.28. The van der Waals surface area contributed by atoms with E-state index in [9.17, 15) is 5.11 Å². The van der Waals surface area contributed by atoms with Crippen LogP contribution in [-0.4, -0.2) is 33.5 Å². The molecule has 0 unspecified atom stereocenters. The van der Waals surface area contributed by atoms with E-state index in [1.54, 1.807) is 0 Å². The van der Waals surface area contributed by atoms with Crippen LogP contribution in [0.2, 0.25) is 0 Å². The Labute approximate surface area is 103 Å². The highest BCUT2D eigenvalue weighted by molar-refractivity contribution is 14.1. The third-order valence-corrected chi connectivity index (χ3v) is 3.22. The van der Waals surface area contributed by atoms with Crippen molar-refractivity contribution in [3.8, 4) is 0 Å². The maximum Gasteiger partial charge on any atom is 0.0913 e. The second kappa shape index (κ2) is 7.16. The Morgan fingerprint density at radius 3 is 2.53 bits per heavy atom. The average Bonchev–Trinajstić information content (AvgIpc) is 2.29. The first-order valence-corrected chi connectivity index (χ1v) is 6.03. The number of halogens is 1. The summed E-state index contributed by atoms with van der Waals surface area (Å²) in [6.07, 6.45) is -0.612. The summed E-state index contributed by atoms with van der Waals surface area (Å²) in [4.78, 5) is 0. The Bertz CT molecular complexity index is 266. The molecule has 1 aromatic carbocycles. The summed E-state index contributed by atoms with van der Waals surface area (Å²) in [5.41, 5.74) is 1.08. The van der Waals surface area contributed by atoms with Crippen molar-refractivity contribution in [3.63, 3.8) is 0 Å². The zero-order chi connectivity index (χ0) is 11.1. The number of ether oxygens (including phenoxy) is 1. The molecule has 0 aliphatic rings. The van der Waals surface area contributed by atoms with Crippen LogP contribution in [0.1, 0.15) is 5.56 Å². The SMILES string of the molecule is OC[C@H](I)[C@H](O)COCc1ccccc1. The molecular weight excluding hydrogens is 307 g/mol. The summed E-state index contributed by atoms with van der Waals surface area (Å²) in [6.45, 7) is 0.714. The van der Waals surface area contributed by atoms with E-state index >= 15 is 0 Å². The highest BCUT2D eigenvalue weighted by Crippen LogP contribution is 2.07. The van der Waals surface area contributed by atoms with Gasteiger partial charge in [0.25, 0.3) is 0 Å². The maximum absolute atomic E-state index is 9.50. The van der Waals surface area contributed by atoms with Gasteiger partial charge in [0.2, 0.25) is 0 Å². The predicted octanol–water partition coefficient (Wildman–Crippen LogP) is 1.36. The fraction of sp³-hybridized carbons (Fsp3) is 0.455. The number of benzene rings is 1. The number of rotatable bonds is 6. The molecule has 15 heavy (non-hydrogen) atoms. The van der Waals surface area contributed by atoms with Crippen molar-refractivity contribution in [3.05, 3.63) is 35.9 Å². The summed E-state index contributed by atoms with van der Waals surface area (Å²) in [7, 11) is 0. The Kier molecular flexibility index (Phi) is 6.16. The van der Waals surface area contributed by atoms with E-state index in [4.69, 9.17) is 9.84 Å². The molecule has 0 heterocycles. The van der Waals surface area contributed by atoms with Crippen LogP contribution in [0.5, 0.6) is 0 Å². The number of aliphatic hydroxyl groups excluding tert-OH is 2. The van der Waals surface area contributed by atoms with Crippen LogP contribution in [0.3, 0.4) is 0 Å². The van der Waals surface area contributed by atoms with Crippen molar-refractivity contribution in [2.45, 2.75) is 16.6 Å². The second-order valence-electron chi connectivity index (χ2n) is 3.27. The van der Waals surface area contributed by atoms with Gasteiger partial charge in [-0.25, -0.2) is 0 Å². The van der Waals surface area contributed by atoms with Crippen LogP contribution >= 0.6 is 22.6 Å². The Morgan fingerprint density at radius 1 is 1.27 bits per heavy atom. The molecule has 2 N–H and O–H groups in total. The molecule has 0 amide bonds. The maximum atomic E-state index is 9.50. The standard InChI is InChI=1S/C11H15IO3/c12-10(6-13)11(14)8-15-7-9-4-2-1-3-5-9/h1-5,10-11,13-14H,6-8H2/t10-,11+/m0/s1. The van der Waals surface area contributed by atoms with E-state index in [1.807, 2.05) is 52.9 Å². The molecule has 0 aromatic heterocycles. The summed E-state index contributed by atoms with van der Waals surface area (Å²) >= 11 is 2.01. The normalized spacial score (nSPS) is 14.9. The summed E-state index contributed by atoms with van der Waals surface area (Å²) < 4.78 is 5.17. The molecule has 0 saturated heterocycles. The van der Waals surface area contributed by atoms with Crippen molar-refractivity contribution in [1.82, 2.24) is 0 Å². The minimum Gasteiger partial charge on any atom is -0.395 e. The van der Waals surface area contributed by atoms with Gasteiger partial charge in [0.1, 0.15) is 0 Å². The van der Waals surface area contributed by atoms with Gasteiger partial charge in [-0.3, -0.25) is 0 Å². The van der Waals surface area contributed by atoms with E-state index in [-0.39, 0.29) is 17.1 Å². The first-order valence-electron chi connectivity index (χ1n) is 4.78. The summed E-state index contributed by atoms with van der Waals surface area (Å²) in [5.74, 6) is 0. The summed E-state index contributed by atoms with van der Waals surface area (Å²) in [5, 5.41) is 18.3. The molecule has 2 atom stereocenters. The van der Waals surface area contributed by atoms with Gasteiger partial charge in [0, 0.05) is 0 Å². The molecule has 4 heteroatoms. The van der Waals surface area contributed by atoms with E-state index in [1.165, 1.54) is 0 Å². The lowest BCUT2D eigenvalue weighted by atomic mass is 10.2. The lowest BCUT2D eigenvalue weighted by molar-refractivity contribution is 0.0230. The number of hydrogen-bond acceptors (Lipinski definition) is 3. The van der Waals surface area contributed by atoms with Crippen LogP contribution in [-0.2, 0) is 11.3 Å². The smallest absolute Gasteiger partial charge is 0.0913 e. The second-order valence-corrected chi connectivity index (χ2v) is 4.87. The Balaban J connectivity index is 2.22. The van der Waals surface area contributed by atoms with Crippen molar-refractivity contribution in [2.75, 3.05) is 13.2 Å². The Morgan fingerprint density at radius 2 is 1.93 bits per heavy atom. The van der Waals surface area contributed by atoms with E-state index < -0.39 is 6.10 Å². The summed E-state index contributed by atoms with van der Waals surface area (Å²) in [6, 6.07) is 9.79. The van der Waals surface area contributed by atoms with Gasteiger partial charge in [0.05, 0.1) is 29.8 Å². The van der Waals surface area contributed by atoms with Gasteiger partial charge in [-0.15, -0.1) is 0 Å². The lowest BCUT2D eigenvalue weighted by Gasteiger charge is -2.15. The quantitative estimate of drug-likeness (QED) is 0.614. The third kappa shape index (κ3) is 4.92. The van der Waals surface area contributed by atoms with Crippen LogP contribution < -0.4 is 0 Å². The van der Waals surface area contributed by atoms with Gasteiger partial charge in [-0.05, 0) is 5.56 Å². The van der Waals surface area contributed by atoms with Crippen LogP contribution in [0.25, 0.3) is 0 Å². The molecule has 84 valence electrons. The molecule has 0 fully saturated rings. The highest BCUT2D eigenvalue weighted by Gasteiger charge is 2.14. The van der Waals surface area contributed by atoms with Gasteiger partial charge < -0.3 is 14.9 Å². The molecule has 0 spiro atoms. The minimum atomic E-state index is -0.612. The van der Waals surface area contributed by atoms with Crippen molar-refractivity contribution in [2.24, 2.45) is 0 Å². The number of alkyl halides is 1. The van der Waals surface area contributed by atoms with E-state index in [0.29, 0.717) is 6.61 Å². The van der Waals surface area contributed by atoms with Gasteiger partial charge >= 0.3 is 0 Å².